The Morgan fingerprint density at radius 1 is 1.15 bits per heavy atom. The molecule has 1 atom stereocenters. The lowest BCUT2D eigenvalue weighted by atomic mass is 10.1. The number of sulfonamides is 1. The van der Waals surface area contributed by atoms with Crippen LogP contribution in [0.1, 0.15) is 42.5 Å². The zero-order valence-electron chi connectivity index (χ0n) is 15.1. The zero-order valence-corrected chi connectivity index (χ0v) is 16.8. The van der Waals surface area contributed by atoms with Gasteiger partial charge in [0.1, 0.15) is 10.9 Å². The molecule has 0 bridgehead atoms. The Morgan fingerprint density at radius 2 is 1.93 bits per heavy atom. The predicted molar refractivity (Wildman–Crippen MR) is 102 cm³/mol. The molecule has 0 N–H and O–H groups in total. The maximum atomic E-state index is 13.2. The average molecular weight is 405 g/mol. The van der Waals surface area contributed by atoms with E-state index in [0.29, 0.717) is 24.7 Å². The van der Waals surface area contributed by atoms with Crippen LogP contribution in [0.4, 0.5) is 0 Å². The van der Waals surface area contributed by atoms with Gasteiger partial charge in [0.05, 0.1) is 16.1 Å². The smallest absolute Gasteiger partial charge is 0.259 e. The number of aromatic nitrogens is 3. The molecule has 4 rings (SSSR count). The third kappa shape index (κ3) is 3.42. The second kappa shape index (κ2) is 7.14. The molecule has 0 aliphatic carbocycles. The van der Waals surface area contributed by atoms with Gasteiger partial charge in [-0.25, -0.2) is 13.4 Å². The topological polar surface area (TPSA) is 89.2 Å². The van der Waals surface area contributed by atoms with Crippen molar-refractivity contribution in [1.29, 1.82) is 0 Å². The minimum atomic E-state index is -3.63. The summed E-state index contributed by atoms with van der Waals surface area (Å²) < 4.78 is 33.8. The Balaban J connectivity index is 1.68. The summed E-state index contributed by atoms with van der Waals surface area (Å²) in [6, 6.07) is 6.47. The fraction of sp³-hybridized carbons (Fsp3) is 0.389. The summed E-state index contributed by atoms with van der Waals surface area (Å²) in [5, 5.41) is 8.29. The fourth-order valence-electron chi connectivity index (χ4n) is 3.25. The maximum Gasteiger partial charge on any atom is 0.259 e. The van der Waals surface area contributed by atoms with Crippen LogP contribution in [0.3, 0.4) is 0 Å². The highest BCUT2D eigenvalue weighted by Crippen LogP contribution is 2.36. The molecule has 1 unspecified atom stereocenters. The molecule has 1 aliphatic heterocycles. The minimum Gasteiger partial charge on any atom is -0.418 e. The number of piperidine rings is 1. The summed E-state index contributed by atoms with van der Waals surface area (Å²) in [4.78, 5) is 5.31. The molecule has 9 heteroatoms. The van der Waals surface area contributed by atoms with Crippen molar-refractivity contribution in [1.82, 2.24) is 19.5 Å². The van der Waals surface area contributed by atoms with E-state index >= 15 is 0 Å². The number of hydrogen-bond donors (Lipinski definition) is 0. The first-order valence-corrected chi connectivity index (χ1v) is 11.1. The lowest BCUT2D eigenvalue weighted by Crippen LogP contribution is -2.38. The molecule has 142 valence electrons. The monoisotopic (exact) mass is 404 g/mol. The zero-order chi connectivity index (χ0) is 19.0. The highest BCUT2D eigenvalue weighted by Gasteiger charge is 2.37. The molecular formula is C18H20N4O3S2. The maximum absolute atomic E-state index is 13.2. The van der Waals surface area contributed by atoms with Gasteiger partial charge in [-0.1, -0.05) is 24.1 Å². The Morgan fingerprint density at radius 3 is 2.63 bits per heavy atom. The van der Waals surface area contributed by atoms with E-state index in [1.807, 2.05) is 26.0 Å². The summed E-state index contributed by atoms with van der Waals surface area (Å²) in [6.07, 6.45) is 2.40. The SMILES string of the molecule is Cc1ccc(S(=O)(=O)N2CCCCC2c2nnc(-c3scnc3C)o2)cc1. The van der Waals surface area contributed by atoms with E-state index in [-0.39, 0.29) is 4.90 Å². The second-order valence-electron chi connectivity index (χ2n) is 6.65. The van der Waals surface area contributed by atoms with Crippen LogP contribution in [0.2, 0.25) is 0 Å². The number of aryl methyl sites for hydroxylation is 2. The molecule has 1 saturated heterocycles. The number of hydrogen-bond acceptors (Lipinski definition) is 7. The molecule has 1 aromatic carbocycles. The van der Waals surface area contributed by atoms with Gasteiger partial charge in [0.15, 0.2) is 0 Å². The molecule has 2 aromatic heterocycles. The van der Waals surface area contributed by atoms with Crippen molar-refractivity contribution < 1.29 is 12.8 Å². The summed E-state index contributed by atoms with van der Waals surface area (Å²) >= 11 is 1.43. The van der Waals surface area contributed by atoms with Crippen molar-refractivity contribution in [2.45, 2.75) is 44.0 Å². The van der Waals surface area contributed by atoms with E-state index < -0.39 is 16.1 Å². The minimum absolute atomic E-state index is 0.290. The highest BCUT2D eigenvalue weighted by atomic mass is 32.2. The van der Waals surface area contributed by atoms with E-state index in [4.69, 9.17) is 4.42 Å². The van der Waals surface area contributed by atoms with Crippen LogP contribution in [0, 0.1) is 13.8 Å². The molecule has 1 aliphatic rings. The quantitative estimate of drug-likeness (QED) is 0.658. The third-order valence-electron chi connectivity index (χ3n) is 4.75. The summed E-state index contributed by atoms with van der Waals surface area (Å²) in [5.74, 6) is 0.733. The molecule has 0 spiro atoms. The highest BCUT2D eigenvalue weighted by molar-refractivity contribution is 7.89. The summed E-state index contributed by atoms with van der Waals surface area (Å²) in [6.45, 7) is 4.25. The first-order valence-electron chi connectivity index (χ1n) is 8.79. The first kappa shape index (κ1) is 18.3. The second-order valence-corrected chi connectivity index (χ2v) is 9.40. The standard InChI is InChI=1S/C18H20N4O3S2/c1-12-6-8-14(9-7-12)27(23,24)22-10-4-3-5-15(22)17-20-21-18(25-17)16-13(2)19-11-26-16/h6-9,11,15H,3-5,10H2,1-2H3. The lowest BCUT2D eigenvalue weighted by Gasteiger charge is -2.32. The van der Waals surface area contributed by atoms with Gasteiger partial charge in [-0.3, -0.25) is 0 Å². The van der Waals surface area contributed by atoms with Crippen molar-refractivity contribution in [3.05, 3.63) is 46.9 Å². The molecule has 0 amide bonds. The number of rotatable bonds is 4. The number of thiazole rings is 1. The Kier molecular flexibility index (Phi) is 4.83. The van der Waals surface area contributed by atoms with Gasteiger partial charge in [0, 0.05) is 6.54 Å². The van der Waals surface area contributed by atoms with E-state index in [9.17, 15) is 8.42 Å². The van der Waals surface area contributed by atoms with E-state index in [2.05, 4.69) is 15.2 Å². The van der Waals surface area contributed by atoms with Gasteiger partial charge in [0.2, 0.25) is 15.9 Å². The van der Waals surface area contributed by atoms with Crippen LogP contribution in [0.15, 0.2) is 39.1 Å². The van der Waals surface area contributed by atoms with Gasteiger partial charge in [0.25, 0.3) is 5.89 Å². The Labute approximate surface area is 162 Å². The van der Waals surface area contributed by atoms with Crippen LogP contribution < -0.4 is 0 Å². The van der Waals surface area contributed by atoms with Gasteiger partial charge >= 0.3 is 0 Å². The Hall–Kier alpha value is -2.10. The first-order chi connectivity index (χ1) is 13.0. The van der Waals surface area contributed by atoms with Gasteiger partial charge < -0.3 is 4.42 Å². The summed E-state index contributed by atoms with van der Waals surface area (Å²) in [7, 11) is -3.63. The van der Waals surface area contributed by atoms with Crippen LogP contribution in [0.25, 0.3) is 10.8 Å². The van der Waals surface area contributed by atoms with E-state index in [1.165, 1.54) is 15.6 Å². The molecular weight excluding hydrogens is 384 g/mol. The van der Waals surface area contributed by atoms with Crippen LogP contribution in [0.5, 0.6) is 0 Å². The fourth-order valence-corrected chi connectivity index (χ4v) is 5.63. The van der Waals surface area contributed by atoms with Crippen molar-refractivity contribution in [2.24, 2.45) is 0 Å². The molecule has 27 heavy (non-hydrogen) atoms. The molecule has 0 radical (unpaired) electrons. The van der Waals surface area contributed by atoms with Gasteiger partial charge in [-0.05, 0) is 38.8 Å². The lowest BCUT2D eigenvalue weighted by molar-refractivity contribution is 0.220. The van der Waals surface area contributed by atoms with E-state index in [0.717, 1.165) is 29.0 Å². The van der Waals surface area contributed by atoms with Gasteiger partial charge in [-0.2, -0.15) is 4.31 Å². The number of benzene rings is 1. The summed E-state index contributed by atoms with van der Waals surface area (Å²) in [5.41, 5.74) is 3.57. The van der Waals surface area contributed by atoms with Crippen molar-refractivity contribution in [2.75, 3.05) is 6.54 Å². The Bertz CT molecular complexity index is 1040. The normalized spacial score (nSPS) is 18.7. The number of nitrogens with zero attached hydrogens (tertiary/aromatic N) is 4. The molecule has 7 nitrogen and oxygen atoms in total. The molecule has 3 aromatic rings. The van der Waals surface area contributed by atoms with Crippen molar-refractivity contribution >= 4 is 21.4 Å². The van der Waals surface area contributed by atoms with Gasteiger partial charge in [-0.15, -0.1) is 21.5 Å². The van der Waals surface area contributed by atoms with Crippen LogP contribution in [-0.4, -0.2) is 34.4 Å². The largest absolute Gasteiger partial charge is 0.418 e. The molecule has 0 saturated carbocycles. The predicted octanol–water partition coefficient (Wildman–Crippen LogP) is 3.73. The van der Waals surface area contributed by atoms with Crippen LogP contribution in [-0.2, 0) is 10.0 Å². The van der Waals surface area contributed by atoms with Crippen molar-refractivity contribution in [3.63, 3.8) is 0 Å². The van der Waals surface area contributed by atoms with Crippen molar-refractivity contribution in [3.8, 4) is 10.8 Å². The van der Waals surface area contributed by atoms with E-state index in [1.54, 1.807) is 17.6 Å². The van der Waals surface area contributed by atoms with Crippen LogP contribution >= 0.6 is 11.3 Å². The molecule has 1 fully saturated rings. The average Bonchev–Trinajstić information content (AvgIpc) is 3.31. The molecule has 3 heterocycles. The third-order valence-corrected chi connectivity index (χ3v) is 7.59.